The largest absolute Gasteiger partial charge is 0.504 e. The minimum atomic E-state index is -0.620. The minimum absolute atomic E-state index is 0.0736. The van der Waals surface area contributed by atoms with Crippen molar-refractivity contribution in [3.63, 3.8) is 0 Å². The van der Waals surface area contributed by atoms with Gasteiger partial charge in [0.05, 0.1) is 11.3 Å². The fraction of sp³-hybridized carbons (Fsp3) is 0.167. The van der Waals surface area contributed by atoms with E-state index in [2.05, 4.69) is 20.9 Å². The number of aromatic nitrogens is 1. The van der Waals surface area contributed by atoms with Crippen LogP contribution >= 0.6 is 27.3 Å². The van der Waals surface area contributed by atoms with Gasteiger partial charge in [0, 0.05) is 10.3 Å². The van der Waals surface area contributed by atoms with Gasteiger partial charge in [0.15, 0.2) is 11.4 Å². The third-order valence-corrected chi connectivity index (χ3v) is 6.44. The highest BCUT2D eigenvalue weighted by atomic mass is 79.9. The molecule has 0 saturated carbocycles. The first kappa shape index (κ1) is 21.3. The SMILES string of the molecule is CCCCOC(=O)c1nc(Br)c2cc(-c3ccc(Oc4ccccc4)cc3)sc2c1O. The Morgan fingerprint density at radius 3 is 2.52 bits per heavy atom. The number of rotatable bonds is 7. The third-order valence-electron chi connectivity index (χ3n) is 4.65. The Labute approximate surface area is 192 Å². The van der Waals surface area contributed by atoms with Crippen molar-refractivity contribution in [2.45, 2.75) is 19.8 Å². The van der Waals surface area contributed by atoms with Crippen LogP contribution in [0.3, 0.4) is 0 Å². The lowest BCUT2D eigenvalue weighted by molar-refractivity contribution is 0.0489. The molecular formula is C24H20BrNO4S. The van der Waals surface area contributed by atoms with E-state index in [9.17, 15) is 9.90 Å². The second-order valence-corrected chi connectivity index (χ2v) is 8.69. The van der Waals surface area contributed by atoms with Crippen molar-refractivity contribution in [2.24, 2.45) is 0 Å². The molecule has 1 N–H and O–H groups in total. The van der Waals surface area contributed by atoms with Crippen molar-refractivity contribution >= 4 is 43.3 Å². The second kappa shape index (κ2) is 9.49. The van der Waals surface area contributed by atoms with Gasteiger partial charge in [-0.25, -0.2) is 9.78 Å². The lowest BCUT2D eigenvalue weighted by atomic mass is 10.1. The molecule has 7 heteroatoms. The number of carbonyl (C=O) groups excluding carboxylic acids is 1. The van der Waals surface area contributed by atoms with Crippen molar-refractivity contribution in [2.75, 3.05) is 6.61 Å². The number of fused-ring (bicyclic) bond motifs is 1. The minimum Gasteiger partial charge on any atom is -0.504 e. The number of para-hydroxylation sites is 1. The summed E-state index contributed by atoms with van der Waals surface area (Å²) in [5.74, 6) is 0.736. The molecule has 0 bridgehead atoms. The number of benzene rings is 2. The van der Waals surface area contributed by atoms with E-state index in [1.807, 2.05) is 67.6 Å². The van der Waals surface area contributed by atoms with Crippen molar-refractivity contribution in [1.29, 1.82) is 0 Å². The highest BCUT2D eigenvalue weighted by Crippen LogP contribution is 2.42. The molecule has 4 aromatic rings. The zero-order chi connectivity index (χ0) is 21.8. The van der Waals surface area contributed by atoms with Crippen molar-refractivity contribution < 1.29 is 19.4 Å². The summed E-state index contributed by atoms with van der Waals surface area (Å²) >= 11 is 4.82. The first-order chi connectivity index (χ1) is 15.1. The van der Waals surface area contributed by atoms with Crippen LogP contribution in [0, 0.1) is 0 Å². The average molecular weight is 498 g/mol. The standard InChI is InChI=1S/C24H20BrNO4S/c1-2-3-13-29-24(28)20-21(27)22-18(23(25)26-20)14-19(31-22)15-9-11-17(12-10-15)30-16-7-5-4-6-8-16/h4-12,14,27H,2-3,13H2,1H3. The normalized spacial score (nSPS) is 10.9. The maximum atomic E-state index is 12.3. The van der Waals surface area contributed by atoms with E-state index in [0.29, 0.717) is 15.9 Å². The predicted octanol–water partition coefficient (Wildman–Crippen LogP) is 7.18. The average Bonchev–Trinajstić information content (AvgIpc) is 3.24. The highest BCUT2D eigenvalue weighted by Gasteiger charge is 2.22. The number of carbonyl (C=O) groups is 1. The van der Waals surface area contributed by atoms with Crippen LogP contribution in [-0.4, -0.2) is 22.7 Å². The maximum Gasteiger partial charge on any atom is 0.360 e. The monoisotopic (exact) mass is 497 g/mol. The molecule has 158 valence electrons. The fourth-order valence-electron chi connectivity index (χ4n) is 3.01. The number of thiophene rings is 1. The summed E-state index contributed by atoms with van der Waals surface area (Å²) in [5.41, 5.74) is 0.899. The zero-order valence-electron chi connectivity index (χ0n) is 16.8. The van der Waals surface area contributed by atoms with Gasteiger partial charge < -0.3 is 14.6 Å². The third kappa shape index (κ3) is 4.73. The molecule has 2 heterocycles. The number of hydrogen-bond donors (Lipinski definition) is 1. The van der Waals surface area contributed by atoms with Crippen LogP contribution in [0.2, 0.25) is 0 Å². The molecule has 0 spiro atoms. The molecular weight excluding hydrogens is 478 g/mol. The van der Waals surface area contributed by atoms with E-state index in [0.717, 1.165) is 40.2 Å². The maximum absolute atomic E-state index is 12.3. The van der Waals surface area contributed by atoms with Gasteiger partial charge >= 0.3 is 5.97 Å². The van der Waals surface area contributed by atoms with E-state index < -0.39 is 5.97 Å². The van der Waals surface area contributed by atoms with Gasteiger partial charge in [0.25, 0.3) is 0 Å². The molecule has 0 atom stereocenters. The molecule has 5 nitrogen and oxygen atoms in total. The van der Waals surface area contributed by atoms with Gasteiger partial charge in [-0.15, -0.1) is 11.3 Å². The summed E-state index contributed by atoms with van der Waals surface area (Å²) in [6.45, 7) is 2.32. The van der Waals surface area contributed by atoms with E-state index >= 15 is 0 Å². The number of nitrogens with zero attached hydrogens (tertiary/aromatic N) is 1. The summed E-state index contributed by atoms with van der Waals surface area (Å²) in [4.78, 5) is 17.5. The molecule has 0 saturated heterocycles. The molecule has 0 radical (unpaired) electrons. The molecule has 2 aromatic carbocycles. The van der Waals surface area contributed by atoms with Gasteiger partial charge in [-0.05, 0) is 70.4 Å². The smallest absolute Gasteiger partial charge is 0.360 e. The molecule has 0 aliphatic rings. The van der Waals surface area contributed by atoms with Crippen molar-refractivity contribution in [3.05, 3.63) is 71.0 Å². The topological polar surface area (TPSA) is 68.7 Å². The van der Waals surface area contributed by atoms with Crippen LogP contribution in [0.4, 0.5) is 0 Å². The lowest BCUT2D eigenvalue weighted by Crippen LogP contribution is -2.09. The van der Waals surface area contributed by atoms with Crippen LogP contribution in [0.15, 0.2) is 65.3 Å². The second-order valence-electron chi connectivity index (χ2n) is 6.88. The summed E-state index contributed by atoms with van der Waals surface area (Å²) in [6.07, 6.45) is 1.68. The number of aromatic hydroxyl groups is 1. The summed E-state index contributed by atoms with van der Waals surface area (Å²) in [5, 5.41) is 11.4. The number of unbranched alkanes of at least 4 members (excludes halogenated alkanes) is 1. The van der Waals surface area contributed by atoms with Crippen LogP contribution in [0.5, 0.6) is 17.2 Å². The van der Waals surface area contributed by atoms with Gasteiger partial charge in [0.1, 0.15) is 16.1 Å². The highest BCUT2D eigenvalue weighted by molar-refractivity contribution is 9.10. The van der Waals surface area contributed by atoms with Crippen LogP contribution in [0.25, 0.3) is 20.5 Å². The molecule has 0 aliphatic heterocycles. The van der Waals surface area contributed by atoms with Gasteiger partial charge in [-0.2, -0.15) is 0 Å². The first-order valence-electron chi connectivity index (χ1n) is 9.89. The summed E-state index contributed by atoms with van der Waals surface area (Å²) in [7, 11) is 0. The first-order valence-corrected chi connectivity index (χ1v) is 11.5. The summed E-state index contributed by atoms with van der Waals surface area (Å²) < 4.78 is 12.1. The van der Waals surface area contributed by atoms with Crippen LogP contribution in [0.1, 0.15) is 30.3 Å². The Morgan fingerprint density at radius 1 is 1.10 bits per heavy atom. The van der Waals surface area contributed by atoms with Gasteiger partial charge in [-0.3, -0.25) is 0 Å². The zero-order valence-corrected chi connectivity index (χ0v) is 19.2. The number of ether oxygens (including phenoxy) is 2. The number of pyridine rings is 1. The van der Waals surface area contributed by atoms with Crippen molar-refractivity contribution in [3.8, 4) is 27.7 Å². The number of hydrogen-bond acceptors (Lipinski definition) is 6. The Hall–Kier alpha value is -2.90. The quantitative estimate of drug-likeness (QED) is 0.166. The molecule has 0 unspecified atom stereocenters. The van der Waals surface area contributed by atoms with Crippen LogP contribution < -0.4 is 4.74 Å². The molecule has 0 amide bonds. The fourth-order valence-corrected chi connectivity index (χ4v) is 4.74. The predicted molar refractivity (Wildman–Crippen MR) is 126 cm³/mol. The Bertz CT molecular complexity index is 1210. The van der Waals surface area contributed by atoms with E-state index in [-0.39, 0.29) is 11.4 Å². The Morgan fingerprint density at radius 2 is 1.81 bits per heavy atom. The van der Waals surface area contributed by atoms with Crippen molar-refractivity contribution in [1.82, 2.24) is 4.98 Å². The Balaban J connectivity index is 1.61. The Kier molecular flexibility index (Phi) is 6.53. The van der Waals surface area contributed by atoms with E-state index in [4.69, 9.17) is 9.47 Å². The molecule has 0 fully saturated rings. The van der Waals surface area contributed by atoms with E-state index in [1.54, 1.807) is 0 Å². The van der Waals surface area contributed by atoms with E-state index in [1.165, 1.54) is 11.3 Å². The summed E-state index contributed by atoms with van der Waals surface area (Å²) in [6, 6.07) is 19.2. The lowest BCUT2D eigenvalue weighted by Gasteiger charge is -2.06. The molecule has 4 rings (SSSR count). The molecule has 0 aliphatic carbocycles. The number of halogens is 1. The molecule has 2 aromatic heterocycles. The van der Waals surface area contributed by atoms with Gasteiger partial charge in [-0.1, -0.05) is 31.5 Å². The number of esters is 1. The molecule has 31 heavy (non-hydrogen) atoms. The van der Waals surface area contributed by atoms with Gasteiger partial charge in [0.2, 0.25) is 0 Å². The van der Waals surface area contributed by atoms with Crippen LogP contribution in [-0.2, 0) is 4.74 Å².